The minimum atomic E-state index is -0.504. The van der Waals surface area contributed by atoms with Gasteiger partial charge in [-0.25, -0.2) is 0 Å². The van der Waals surface area contributed by atoms with Crippen molar-refractivity contribution in [3.8, 4) is 0 Å². The SMILES string of the molecule is CSc1ccccc1N1C(=O)C(C(C)(C)C)NC(=O)C1C. The minimum Gasteiger partial charge on any atom is -0.342 e. The molecule has 0 aromatic heterocycles. The molecule has 0 bridgehead atoms. The minimum absolute atomic E-state index is 0.0453. The Balaban J connectivity index is 2.49. The molecule has 1 N–H and O–H groups in total. The summed E-state index contributed by atoms with van der Waals surface area (Å²) in [5, 5.41) is 2.86. The molecule has 1 fully saturated rings. The summed E-state index contributed by atoms with van der Waals surface area (Å²) in [4.78, 5) is 27.8. The summed E-state index contributed by atoms with van der Waals surface area (Å²) >= 11 is 1.58. The van der Waals surface area contributed by atoms with E-state index < -0.39 is 12.1 Å². The fourth-order valence-electron chi connectivity index (χ4n) is 2.51. The Hall–Kier alpha value is -1.49. The first-order valence-electron chi connectivity index (χ1n) is 7.04. The van der Waals surface area contributed by atoms with E-state index >= 15 is 0 Å². The van der Waals surface area contributed by atoms with Crippen molar-refractivity contribution in [1.82, 2.24) is 5.32 Å². The second-order valence-electron chi connectivity index (χ2n) is 6.36. The molecule has 1 aliphatic heterocycles. The molecular weight excluding hydrogens is 284 g/mol. The van der Waals surface area contributed by atoms with Crippen molar-refractivity contribution < 1.29 is 9.59 Å². The van der Waals surface area contributed by atoms with Crippen LogP contribution in [0.3, 0.4) is 0 Å². The van der Waals surface area contributed by atoms with Crippen LogP contribution in [-0.2, 0) is 9.59 Å². The van der Waals surface area contributed by atoms with E-state index in [-0.39, 0.29) is 17.2 Å². The standard InChI is InChI=1S/C16H22N2O2S/c1-10-14(19)17-13(16(2,3)4)15(20)18(10)11-8-6-7-9-12(11)21-5/h6-10,13H,1-5H3,(H,17,19). The van der Waals surface area contributed by atoms with Crippen LogP contribution >= 0.6 is 11.8 Å². The molecule has 2 atom stereocenters. The van der Waals surface area contributed by atoms with Crippen molar-refractivity contribution in [1.29, 1.82) is 0 Å². The molecule has 2 amide bonds. The quantitative estimate of drug-likeness (QED) is 0.855. The summed E-state index contributed by atoms with van der Waals surface area (Å²) in [6.07, 6.45) is 1.97. The van der Waals surface area contributed by atoms with E-state index in [1.54, 1.807) is 23.6 Å². The molecule has 1 aromatic carbocycles. The van der Waals surface area contributed by atoms with Crippen LogP contribution in [0.4, 0.5) is 5.69 Å². The number of anilines is 1. The molecule has 2 unspecified atom stereocenters. The van der Waals surface area contributed by atoms with Gasteiger partial charge < -0.3 is 5.32 Å². The van der Waals surface area contributed by atoms with Crippen molar-refractivity contribution >= 4 is 29.3 Å². The van der Waals surface area contributed by atoms with Crippen LogP contribution in [0.15, 0.2) is 29.2 Å². The Bertz CT molecular complexity index is 566. The Morgan fingerprint density at radius 1 is 1.19 bits per heavy atom. The van der Waals surface area contributed by atoms with E-state index in [9.17, 15) is 9.59 Å². The number of amides is 2. The molecule has 4 nitrogen and oxygen atoms in total. The first-order chi connectivity index (χ1) is 9.77. The number of nitrogens with zero attached hydrogens (tertiary/aromatic N) is 1. The van der Waals surface area contributed by atoms with E-state index in [0.29, 0.717) is 0 Å². The normalized spacial score (nSPS) is 23.2. The lowest BCUT2D eigenvalue weighted by Gasteiger charge is -2.42. The van der Waals surface area contributed by atoms with Gasteiger partial charge in [0.05, 0.1) is 5.69 Å². The summed E-state index contributed by atoms with van der Waals surface area (Å²) in [5.74, 6) is -0.151. The highest BCUT2D eigenvalue weighted by atomic mass is 32.2. The molecule has 5 heteroatoms. The molecular formula is C16H22N2O2S. The Morgan fingerprint density at radius 3 is 2.38 bits per heavy atom. The number of piperazine rings is 1. The molecule has 0 radical (unpaired) electrons. The molecule has 2 rings (SSSR count). The number of carbonyl (C=O) groups excluding carboxylic acids is 2. The van der Waals surface area contributed by atoms with Crippen LogP contribution in [0.2, 0.25) is 0 Å². The van der Waals surface area contributed by atoms with Crippen LogP contribution in [0.5, 0.6) is 0 Å². The highest BCUT2D eigenvalue weighted by Crippen LogP contribution is 2.34. The van der Waals surface area contributed by atoms with Gasteiger partial charge in [-0.15, -0.1) is 11.8 Å². The lowest BCUT2D eigenvalue weighted by Crippen LogP contribution is -2.66. The number of para-hydroxylation sites is 1. The summed E-state index contributed by atoms with van der Waals surface area (Å²) in [7, 11) is 0. The summed E-state index contributed by atoms with van der Waals surface area (Å²) in [6.45, 7) is 7.66. The molecule has 0 spiro atoms. The lowest BCUT2D eigenvalue weighted by atomic mass is 9.84. The molecule has 0 aliphatic carbocycles. The third-order valence-electron chi connectivity index (χ3n) is 3.75. The van der Waals surface area contributed by atoms with E-state index in [2.05, 4.69) is 5.32 Å². The second-order valence-corrected chi connectivity index (χ2v) is 7.21. The van der Waals surface area contributed by atoms with Gasteiger partial charge in [0.25, 0.3) is 5.91 Å². The number of hydrogen-bond donors (Lipinski definition) is 1. The predicted molar refractivity (Wildman–Crippen MR) is 86.6 cm³/mol. The Kier molecular flexibility index (Phi) is 4.33. The highest BCUT2D eigenvalue weighted by Gasteiger charge is 2.44. The van der Waals surface area contributed by atoms with Gasteiger partial charge in [-0.2, -0.15) is 0 Å². The third-order valence-corrected chi connectivity index (χ3v) is 4.53. The monoisotopic (exact) mass is 306 g/mol. The number of hydrogen-bond acceptors (Lipinski definition) is 3. The van der Waals surface area contributed by atoms with Gasteiger partial charge in [-0.1, -0.05) is 32.9 Å². The van der Waals surface area contributed by atoms with Crippen LogP contribution in [-0.4, -0.2) is 30.2 Å². The second kappa shape index (κ2) is 5.72. The Labute approximate surface area is 130 Å². The Morgan fingerprint density at radius 2 is 1.81 bits per heavy atom. The van der Waals surface area contributed by atoms with Crippen molar-refractivity contribution in [2.24, 2.45) is 5.41 Å². The smallest absolute Gasteiger partial charge is 0.250 e. The van der Waals surface area contributed by atoms with Crippen LogP contribution in [0, 0.1) is 5.41 Å². The van der Waals surface area contributed by atoms with Gasteiger partial charge in [0.15, 0.2) is 0 Å². The fourth-order valence-corrected chi connectivity index (χ4v) is 3.11. The first kappa shape index (κ1) is 15.9. The molecule has 1 aromatic rings. The van der Waals surface area contributed by atoms with Crippen molar-refractivity contribution in [3.05, 3.63) is 24.3 Å². The zero-order valence-corrected chi connectivity index (χ0v) is 14.0. The average molecular weight is 306 g/mol. The van der Waals surface area contributed by atoms with Gasteiger partial charge in [0, 0.05) is 4.90 Å². The van der Waals surface area contributed by atoms with Gasteiger partial charge in [-0.05, 0) is 30.7 Å². The molecule has 1 aliphatic rings. The number of benzene rings is 1. The van der Waals surface area contributed by atoms with Gasteiger partial charge in [-0.3, -0.25) is 14.5 Å². The summed E-state index contributed by atoms with van der Waals surface area (Å²) in [5.41, 5.74) is 0.492. The summed E-state index contributed by atoms with van der Waals surface area (Å²) in [6, 6.07) is 6.71. The van der Waals surface area contributed by atoms with Crippen molar-refractivity contribution in [3.63, 3.8) is 0 Å². The van der Waals surface area contributed by atoms with Crippen LogP contribution in [0.25, 0.3) is 0 Å². The zero-order valence-electron chi connectivity index (χ0n) is 13.1. The third kappa shape index (κ3) is 2.93. The van der Waals surface area contributed by atoms with E-state index in [0.717, 1.165) is 10.6 Å². The van der Waals surface area contributed by atoms with E-state index in [1.807, 2.05) is 51.3 Å². The van der Waals surface area contributed by atoms with E-state index in [4.69, 9.17) is 0 Å². The maximum atomic E-state index is 12.9. The fraction of sp³-hybridized carbons (Fsp3) is 0.500. The maximum absolute atomic E-state index is 12.9. The number of rotatable bonds is 2. The predicted octanol–water partition coefficient (Wildman–Crippen LogP) is 2.67. The molecule has 1 heterocycles. The van der Waals surface area contributed by atoms with Crippen molar-refractivity contribution in [2.75, 3.05) is 11.2 Å². The van der Waals surface area contributed by atoms with Gasteiger partial charge in [0.1, 0.15) is 12.1 Å². The van der Waals surface area contributed by atoms with Crippen LogP contribution in [0.1, 0.15) is 27.7 Å². The highest BCUT2D eigenvalue weighted by molar-refractivity contribution is 7.98. The van der Waals surface area contributed by atoms with E-state index in [1.165, 1.54) is 0 Å². The van der Waals surface area contributed by atoms with Crippen LogP contribution < -0.4 is 10.2 Å². The molecule has 0 saturated carbocycles. The van der Waals surface area contributed by atoms with Crippen molar-refractivity contribution in [2.45, 2.75) is 44.7 Å². The first-order valence-corrected chi connectivity index (χ1v) is 8.26. The number of thioether (sulfide) groups is 1. The van der Waals surface area contributed by atoms with Gasteiger partial charge >= 0.3 is 0 Å². The zero-order chi connectivity index (χ0) is 15.8. The summed E-state index contributed by atoms with van der Waals surface area (Å²) < 4.78 is 0. The molecule has 21 heavy (non-hydrogen) atoms. The number of nitrogens with one attached hydrogen (secondary N) is 1. The molecule has 114 valence electrons. The largest absolute Gasteiger partial charge is 0.342 e. The topological polar surface area (TPSA) is 49.4 Å². The lowest BCUT2D eigenvalue weighted by molar-refractivity contribution is -0.136. The van der Waals surface area contributed by atoms with Gasteiger partial charge in [0.2, 0.25) is 5.91 Å². The average Bonchev–Trinajstić information content (AvgIpc) is 2.42. The maximum Gasteiger partial charge on any atom is 0.250 e. The number of carbonyl (C=O) groups is 2. The molecule has 1 saturated heterocycles.